The fourth-order valence-electron chi connectivity index (χ4n) is 1.78. The molecule has 0 atom stereocenters. The Morgan fingerprint density at radius 3 is 2.12 bits per heavy atom. The third-order valence-electron chi connectivity index (χ3n) is 2.57. The second-order valence-corrected chi connectivity index (χ2v) is 3.65. The molecule has 0 aliphatic carbocycles. The van der Waals surface area contributed by atoms with Gasteiger partial charge in [0, 0.05) is 0 Å². The lowest BCUT2D eigenvalue weighted by molar-refractivity contribution is 1.36. The summed E-state index contributed by atoms with van der Waals surface area (Å²) >= 11 is 0. The van der Waals surface area contributed by atoms with Gasteiger partial charge in [0.05, 0.1) is 22.1 Å². The minimum atomic E-state index is 0. The maximum absolute atomic E-state index is 4.61. The second-order valence-electron chi connectivity index (χ2n) is 3.65. The first-order valence-corrected chi connectivity index (χ1v) is 4.97. The van der Waals surface area contributed by atoms with Crippen molar-refractivity contribution in [3.05, 3.63) is 48.0 Å². The smallest absolute Gasteiger partial charge is 0.0923 e. The van der Waals surface area contributed by atoms with Crippen molar-refractivity contribution in [1.82, 2.24) is 9.97 Å². The highest BCUT2D eigenvalue weighted by molar-refractivity contribution is 5.87. The standard InChI is InChI=1S/C13H10N2.ClH/c1-9-5-4-8-12-13(9)15-11-7-3-2-6-10(11)14-12;/h2-8H,1H3;1H. The average molecular weight is 231 g/mol. The second kappa shape index (κ2) is 4.06. The van der Waals surface area contributed by atoms with E-state index in [2.05, 4.69) is 23.0 Å². The molecule has 2 nitrogen and oxygen atoms in total. The molecule has 0 amide bonds. The summed E-state index contributed by atoms with van der Waals surface area (Å²) in [6, 6.07) is 14.0. The molecule has 3 aromatic rings. The lowest BCUT2D eigenvalue weighted by atomic mass is 10.2. The van der Waals surface area contributed by atoms with E-state index in [1.54, 1.807) is 0 Å². The van der Waals surface area contributed by atoms with Gasteiger partial charge in [-0.1, -0.05) is 24.3 Å². The van der Waals surface area contributed by atoms with Crippen LogP contribution in [0.5, 0.6) is 0 Å². The van der Waals surface area contributed by atoms with Gasteiger partial charge in [-0.2, -0.15) is 0 Å². The maximum Gasteiger partial charge on any atom is 0.0923 e. The van der Waals surface area contributed by atoms with Crippen LogP contribution in [0.25, 0.3) is 22.1 Å². The number of nitrogens with zero attached hydrogens (tertiary/aromatic N) is 2. The SMILES string of the molecule is Cc1cccc2nc3ccccc3nc12.Cl. The Morgan fingerprint density at radius 1 is 0.750 bits per heavy atom. The lowest BCUT2D eigenvalue weighted by Gasteiger charge is -2.02. The molecule has 0 bridgehead atoms. The number of rotatable bonds is 0. The van der Waals surface area contributed by atoms with Gasteiger partial charge in [0.1, 0.15) is 0 Å². The highest BCUT2D eigenvalue weighted by atomic mass is 35.5. The van der Waals surface area contributed by atoms with Crippen LogP contribution in [-0.2, 0) is 0 Å². The Bertz CT molecular complexity index is 650. The van der Waals surface area contributed by atoms with Gasteiger partial charge in [-0.15, -0.1) is 12.4 Å². The van der Waals surface area contributed by atoms with Crippen molar-refractivity contribution in [2.75, 3.05) is 0 Å². The van der Waals surface area contributed by atoms with Gasteiger partial charge in [0.25, 0.3) is 0 Å². The normalized spacial score (nSPS) is 10.3. The van der Waals surface area contributed by atoms with Gasteiger partial charge in [-0.3, -0.25) is 0 Å². The van der Waals surface area contributed by atoms with E-state index >= 15 is 0 Å². The van der Waals surface area contributed by atoms with Crippen LogP contribution in [0.15, 0.2) is 42.5 Å². The van der Waals surface area contributed by atoms with Crippen LogP contribution in [0.3, 0.4) is 0 Å². The summed E-state index contributed by atoms with van der Waals surface area (Å²) in [4.78, 5) is 9.19. The molecule has 16 heavy (non-hydrogen) atoms. The number of hydrogen-bond donors (Lipinski definition) is 0. The van der Waals surface area contributed by atoms with E-state index in [9.17, 15) is 0 Å². The van der Waals surface area contributed by atoms with E-state index in [0.717, 1.165) is 22.1 Å². The van der Waals surface area contributed by atoms with Gasteiger partial charge < -0.3 is 0 Å². The molecule has 1 aromatic heterocycles. The van der Waals surface area contributed by atoms with Crippen LogP contribution >= 0.6 is 12.4 Å². The minimum Gasteiger partial charge on any atom is -0.244 e. The lowest BCUT2D eigenvalue weighted by Crippen LogP contribution is -1.88. The van der Waals surface area contributed by atoms with Gasteiger partial charge in [0.15, 0.2) is 0 Å². The summed E-state index contributed by atoms with van der Waals surface area (Å²) < 4.78 is 0. The first-order valence-electron chi connectivity index (χ1n) is 4.97. The van der Waals surface area contributed by atoms with Crippen molar-refractivity contribution < 1.29 is 0 Å². The largest absolute Gasteiger partial charge is 0.244 e. The Hall–Kier alpha value is -1.67. The van der Waals surface area contributed by atoms with Gasteiger partial charge in [-0.05, 0) is 30.7 Å². The molecule has 80 valence electrons. The predicted octanol–water partition coefficient (Wildman–Crippen LogP) is 3.51. The molecule has 0 radical (unpaired) electrons. The summed E-state index contributed by atoms with van der Waals surface area (Å²) in [5.74, 6) is 0. The van der Waals surface area contributed by atoms with Gasteiger partial charge in [-0.25, -0.2) is 9.97 Å². The Kier molecular flexibility index (Phi) is 2.75. The third-order valence-corrected chi connectivity index (χ3v) is 2.57. The van der Waals surface area contributed by atoms with Crippen molar-refractivity contribution in [2.24, 2.45) is 0 Å². The zero-order valence-corrected chi connectivity index (χ0v) is 9.66. The molecular weight excluding hydrogens is 220 g/mol. The first-order chi connectivity index (χ1) is 7.34. The monoisotopic (exact) mass is 230 g/mol. The molecule has 0 fully saturated rings. The quantitative estimate of drug-likeness (QED) is 0.553. The third kappa shape index (κ3) is 1.61. The van der Waals surface area contributed by atoms with Crippen molar-refractivity contribution >= 4 is 34.5 Å². The van der Waals surface area contributed by atoms with Crippen LogP contribution in [0.4, 0.5) is 0 Å². The summed E-state index contributed by atoms with van der Waals surface area (Å²) in [6.07, 6.45) is 0. The minimum absolute atomic E-state index is 0. The number of hydrogen-bond acceptors (Lipinski definition) is 2. The van der Waals surface area contributed by atoms with Crippen molar-refractivity contribution in [1.29, 1.82) is 0 Å². The van der Waals surface area contributed by atoms with Crippen LogP contribution < -0.4 is 0 Å². The summed E-state index contributed by atoms with van der Waals surface area (Å²) in [5.41, 5.74) is 5.05. The summed E-state index contributed by atoms with van der Waals surface area (Å²) in [5, 5.41) is 0. The fraction of sp³-hybridized carbons (Fsp3) is 0.0769. The molecule has 3 rings (SSSR count). The van der Waals surface area contributed by atoms with E-state index < -0.39 is 0 Å². The zero-order chi connectivity index (χ0) is 10.3. The first kappa shape index (κ1) is 10.8. The topological polar surface area (TPSA) is 25.8 Å². The van der Waals surface area contributed by atoms with E-state index in [0.29, 0.717) is 0 Å². The van der Waals surface area contributed by atoms with Crippen LogP contribution in [0, 0.1) is 6.92 Å². The van der Waals surface area contributed by atoms with E-state index in [-0.39, 0.29) is 12.4 Å². The molecular formula is C13H11ClN2. The highest BCUT2D eigenvalue weighted by Gasteiger charge is 2.01. The van der Waals surface area contributed by atoms with E-state index in [1.807, 2.05) is 36.4 Å². The molecule has 3 heteroatoms. The summed E-state index contributed by atoms with van der Waals surface area (Å²) in [7, 11) is 0. The predicted molar refractivity (Wildman–Crippen MR) is 69.0 cm³/mol. The molecule has 0 spiro atoms. The molecule has 0 saturated heterocycles. The van der Waals surface area contributed by atoms with Crippen molar-refractivity contribution in [3.63, 3.8) is 0 Å². The zero-order valence-electron chi connectivity index (χ0n) is 8.84. The highest BCUT2D eigenvalue weighted by Crippen LogP contribution is 2.18. The Balaban J connectivity index is 0.000000963. The van der Waals surface area contributed by atoms with Crippen molar-refractivity contribution in [3.8, 4) is 0 Å². The number of halogens is 1. The van der Waals surface area contributed by atoms with E-state index in [4.69, 9.17) is 0 Å². The average Bonchev–Trinajstić information content (AvgIpc) is 2.27. The number of aryl methyl sites for hydroxylation is 1. The number of fused-ring (bicyclic) bond motifs is 2. The van der Waals surface area contributed by atoms with Crippen LogP contribution in [-0.4, -0.2) is 9.97 Å². The Morgan fingerprint density at radius 2 is 1.38 bits per heavy atom. The van der Waals surface area contributed by atoms with Crippen LogP contribution in [0.2, 0.25) is 0 Å². The molecule has 1 heterocycles. The molecule has 0 saturated carbocycles. The molecule has 0 aliphatic heterocycles. The molecule has 0 unspecified atom stereocenters. The maximum atomic E-state index is 4.61. The summed E-state index contributed by atoms with van der Waals surface area (Å²) in [6.45, 7) is 2.06. The number of para-hydroxylation sites is 3. The van der Waals surface area contributed by atoms with Gasteiger partial charge >= 0.3 is 0 Å². The number of benzene rings is 2. The number of aromatic nitrogens is 2. The Labute approximate surface area is 99.8 Å². The van der Waals surface area contributed by atoms with E-state index in [1.165, 1.54) is 5.56 Å². The fourth-order valence-corrected chi connectivity index (χ4v) is 1.78. The van der Waals surface area contributed by atoms with Crippen LogP contribution in [0.1, 0.15) is 5.56 Å². The molecule has 2 aromatic carbocycles. The van der Waals surface area contributed by atoms with Crippen molar-refractivity contribution in [2.45, 2.75) is 6.92 Å². The molecule has 0 aliphatic rings. The molecule has 0 N–H and O–H groups in total. The van der Waals surface area contributed by atoms with Gasteiger partial charge in [0.2, 0.25) is 0 Å².